The molecule has 2 aliphatic heterocycles. The van der Waals surface area contributed by atoms with Crippen LogP contribution in [0.1, 0.15) is 70.4 Å². The summed E-state index contributed by atoms with van der Waals surface area (Å²) in [6.07, 6.45) is 7.64. The number of carbonyl (C=O) groups is 2. The van der Waals surface area contributed by atoms with Crippen molar-refractivity contribution in [3.8, 4) is 0 Å². The molecule has 5 rings (SSSR count). The molecule has 0 bridgehead atoms. The van der Waals surface area contributed by atoms with Crippen LogP contribution in [0, 0.1) is 5.82 Å². The lowest BCUT2D eigenvalue weighted by Gasteiger charge is -2.32. The van der Waals surface area contributed by atoms with Gasteiger partial charge in [0.25, 0.3) is 5.91 Å². The second-order valence-corrected chi connectivity index (χ2v) is 11.5. The molecule has 3 aromatic rings. The summed E-state index contributed by atoms with van der Waals surface area (Å²) in [6.45, 7) is 14.2. The number of aryl methyl sites for hydroxylation is 1. The van der Waals surface area contributed by atoms with E-state index in [4.69, 9.17) is 9.31 Å². The lowest BCUT2D eigenvalue weighted by Crippen LogP contribution is -2.41. The van der Waals surface area contributed by atoms with Gasteiger partial charge in [0.1, 0.15) is 12.0 Å². The largest absolute Gasteiger partial charge is 0.495 e. The standard InChI is InChI=1S/C23H31BFN3O3.C5H7N3O.C2H6/c1-22(2)23(3,4)31-24(30-22)17-11-15(14-9-8-10-28(7)13-14)19(25)20-16(17)12-18(26-20)21(29)27(5)6;9-5-1-3-8-4-2-6-7-8;1-2/h9,11-12,26H,8,10,13H2,1-7H3;2,4-5H,1,3H2;1-2H3. The van der Waals surface area contributed by atoms with E-state index in [9.17, 15) is 9.59 Å². The summed E-state index contributed by atoms with van der Waals surface area (Å²) in [5.41, 5.74) is 1.77. The molecule has 0 radical (unpaired) electrons. The van der Waals surface area contributed by atoms with Crippen molar-refractivity contribution >= 4 is 41.3 Å². The lowest BCUT2D eigenvalue weighted by molar-refractivity contribution is -0.108. The van der Waals surface area contributed by atoms with E-state index in [-0.39, 0.29) is 11.7 Å². The van der Waals surface area contributed by atoms with Crippen LogP contribution in [0.3, 0.4) is 0 Å². The Morgan fingerprint density at radius 1 is 1.19 bits per heavy atom. The molecule has 1 N–H and O–H groups in total. The third-order valence-electron chi connectivity index (χ3n) is 7.66. The van der Waals surface area contributed by atoms with Crippen molar-refractivity contribution in [3.63, 3.8) is 0 Å². The average Bonchev–Trinajstić information content (AvgIpc) is 3.67. The zero-order valence-electron chi connectivity index (χ0n) is 26.3. The van der Waals surface area contributed by atoms with Gasteiger partial charge >= 0.3 is 7.12 Å². The number of nitrogens with one attached hydrogen (secondary N) is 1. The van der Waals surface area contributed by atoms with E-state index in [1.165, 1.54) is 4.90 Å². The Morgan fingerprint density at radius 2 is 1.86 bits per heavy atom. The number of likely N-dealkylation sites (N-methyl/N-ethyl adjacent to an activating group) is 1. The second kappa shape index (κ2) is 13.8. The highest BCUT2D eigenvalue weighted by molar-refractivity contribution is 6.65. The third-order valence-corrected chi connectivity index (χ3v) is 7.66. The zero-order chi connectivity index (χ0) is 31.2. The van der Waals surface area contributed by atoms with Gasteiger partial charge < -0.3 is 28.9 Å². The monoisotopic (exact) mass is 582 g/mol. The highest BCUT2D eigenvalue weighted by Gasteiger charge is 2.52. The van der Waals surface area contributed by atoms with Crippen molar-refractivity contribution in [2.45, 2.75) is 72.1 Å². The van der Waals surface area contributed by atoms with Crippen LogP contribution in [-0.4, -0.2) is 94.5 Å². The predicted molar refractivity (Wildman–Crippen MR) is 164 cm³/mol. The Morgan fingerprint density at radius 3 is 2.40 bits per heavy atom. The quantitative estimate of drug-likeness (QED) is 0.347. The normalized spacial score (nSPS) is 17.6. The molecule has 10 nitrogen and oxygen atoms in total. The Kier molecular flexibility index (Phi) is 10.9. The number of aromatic amines is 1. The molecule has 228 valence electrons. The maximum atomic E-state index is 15.7. The summed E-state index contributed by atoms with van der Waals surface area (Å²) in [7, 11) is 4.72. The van der Waals surface area contributed by atoms with E-state index in [1.54, 1.807) is 37.2 Å². The number of rotatable bonds is 6. The molecule has 0 unspecified atom stereocenters. The zero-order valence-corrected chi connectivity index (χ0v) is 26.3. The van der Waals surface area contributed by atoms with Crippen LogP contribution >= 0.6 is 0 Å². The van der Waals surface area contributed by atoms with Gasteiger partial charge in [-0.05, 0) is 58.3 Å². The number of carbonyl (C=O) groups excluding carboxylic acids is 2. The molecule has 1 fully saturated rings. The van der Waals surface area contributed by atoms with Gasteiger partial charge in [-0.3, -0.25) is 9.48 Å². The average molecular weight is 583 g/mol. The SMILES string of the molecule is CC.CN1CCC=C(c2cc(B3OC(C)(C)C(C)(C)O3)c3cc(C(=O)N(C)C)[nH]c3c2F)C1.O=CCCn1ccnn1. The molecule has 12 heteroatoms. The van der Waals surface area contributed by atoms with Gasteiger partial charge in [-0.1, -0.05) is 31.2 Å². The van der Waals surface area contributed by atoms with E-state index in [1.807, 2.05) is 54.7 Å². The molecule has 42 heavy (non-hydrogen) atoms. The number of benzene rings is 1. The fraction of sp³-hybridized carbons (Fsp3) is 0.533. The number of aldehydes is 1. The first-order valence-corrected chi connectivity index (χ1v) is 14.4. The Bertz CT molecular complexity index is 1380. The molecule has 2 aromatic heterocycles. The van der Waals surface area contributed by atoms with Gasteiger partial charge in [0.2, 0.25) is 0 Å². The minimum Gasteiger partial charge on any atom is -0.399 e. The van der Waals surface area contributed by atoms with Crippen LogP contribution in [0.15, 0.2) is 30.6 Å². The van der Waals surface area contributed by atoms with E-state index < -0.39 is 18.3 Å². The van der Waals surface area contributed by atoms with Gasteiger partial charge in [0.15, 0.2) is 5.82 Å². The van der Waals surface area contributed by atoms with Crippen molar-refractivity contribution in [2.24, 2.45) is 0 Å². The minimum absolute atomic E-state index is 0.214. The Balaban J connectivity index is 0.000000373. The molecule has 4 heterocycles. The molecule has 0 aliphatic carbocycles. The van der Waals surface area contributed by atoms with Crippen molar-refractivity contribution in [3.05, 3.63) is 47.7 Å². The molecular formula is C30H44BFN6O4. The molecule has 1 saturated heterocycles. The molecule has 1 aromatic carbocycles. The number of halogens is 1. The highest BCUT2D eigenvalue weighted by Crippen LogP contribution is 2.38. The number of aromatic nitrogens is 4. The predicted octanol–water partition coefficient (Wildman–Crippen LogP) is 3.92. The van der Waals surface area contributed by atoms with Gasteiger partial charge in [0, 0.05) is 57.3 Å². The van der Waals surface area contributed by atoms with Gasteiger partial charge in [0.05, 0.1) is 22.9 Å². The molecule has 1 amide bonds. The van der Waals surface area contributed by atoms with Crippen molar-refractivity contribution in [1.29, 1.82) is 0 Å². The minimum atomic E-state index is -0.660. The fourth-order valence-electron chi connectivity index (χ4n) is 4.67. The summed E-state index contributed by atoms with van der Waals surface area (Å²) < 4.78 is 29.9. The second-order valence-electron chi connectivity index (χ2n) is 11.5. The fourth-order valence-corrected chi connectivity index (χ4v) is 4.67. The third kappa shape index (κ3) is 7.16. The molecule has 2 aliphatic rings. The van der Waals surface area contributed by atoms with E-state index in [0.717, 1.165) is 30.3 Å². The summed E-state index contributed by atoms with van der Waals surface area (Å²) in [4.78, 5) is 29.1. The molecule has 0 saturated carbocycles. The van der Waals surface area contributed by atoms with E-state index >= 15 is 4.39 Å². The van der Waals surface area contributed by atoms with E-state index in [2.05, 4.69) is 26.3 Å². The number of nitrogens with zero attached hydrogens (tertiary/aromatic N) is 5. The number of hydrogen-bond acceptors (Lipinski definition) is 7. The van der Waals surface area contributed by atoms with E-state index in [0.29, 0.717) is 41.7 Å². The summed E-state index contributed by atoms with van der Waals surface area (Å²) in [5, 5.41) is 7.84. The molecule has 0 spiro atoms. The van der Waals surface area contributed by atoms with Crippen LogP contribution in [0.5, 0.6) is 0 Å². The molecule has 0 atom stereocenters. The topological polar surface area (TPSA) is 106 Å². The van der Waals surface area contributed by atoms with Crippen molar-refractivity contribution in [2.75, 3.05) is 34.2 Å². The number of fused-ring (bicyclic) bond motifs is 1. The first-order valence-electron chi connectivity index (χ1n) is 14.4. The number of amides is 1. The van der Waals surface area contributed by atoms with Crippen LogP contribution in [0.4, 0.5) is 4.39 Å². The summed E-state index contributed by atoms with van der Waals surface area (Å²) >= 11 is 0. The molecular weight excluding hydrogens is 538 g/mol. The number of hydrogen-bond donors (Lipinski definition) is 1. The van der Waals surface area contributed by atoms with Gasteiger partial charge in [-0.15, -0.1) is 5.10 Å². The van der Waals surface area contributed by atoms with Crippen LogP contribution in [-0.2, 0) is 20.6 Å². The van der Waals surface area contributed by atoms with Crippen molar-refractivity contribution in [1.82, 2.24) is 29.8 Å². The Labute approximate surface area is 248 Å². The maximum absolute atomic E-state index is 15.7. The van der Waals surface area contributed by atoms with Crippen LogP contribution < -0.4 is 5.46 Å². The van der Waals surface area contributed by atoms with Crippen molar-refractivity contribution < 1.29 is 23.3 Å². The summed E-state index contributed by atoms with van der Waals surface area (Å²) in [6, 6.07) is 3.54. The van der Waals surface area contributed by atoms with Gasteiger partial charge in [-0.2, -0.15) is 0 Å². The van der Waals surface area contributed by atoms with Gasteiger partial charge in [-0.25, -0.2) is 4.39 Å². The first kappa shape index (κ1) is 33.2. The summed E-state index contributed by atoms with van der Waals surface area (Å²) in [5.74, 6) is -0.566. The van der Waals surface area contributed by atoms with Crippen LogP contribution in [0.2, 0.25) is 0 Å². The maximum Gasteiger partial charge on any atom is 0.495 e. The lowest BCUT2D eigenvalue weighted by atomic mass is 9.75. The highest BCUT2D eigenvalue weighted by atomic mass is 19.1. The van der Waals surface area contributed by atoms with Crippen LogP contribution in [0.25, 0.3) is 16.5 Å². The first-order chi connectivity index (χ1) is 19.8. The number of H-pyrrole nitrogens is 1. The Hall–Kier alpha value is -3.35. The smallest absolute Gasteiger partial charge is 0.399 e.